The van der Waals surface area contributed by atoms with Crippen molar-refractivity contribution in [3.63, 3.8) is 0 Å². The summed E-state index contributed by atoms with van der Waals surface area (Å²) in [5.74, 6) is 5.69. The van der Waals surface area contributed by atoms with E-state index >= 15 is 0 Å². The molecule has 3 N–H and O–H groups in total. The topological polar surface area (TPSA) is 38.0 Å². The molecule has 0 aliphatic carbocycles. The smallest absolute Gasteiger partial charge is 0.0721 e. The Morgan fingerprint density at radius 1 is 1.17 bits per heavy atom. The Kier molecular flexibility index (Phi) is 4.40. The van der Waals surface area contributed by atoms with Crippen LogP contribution in [0.15, 0.2) is 46.9 Å². The zero-order valence-electron chi connectivity index (χ0n) is 9.95. The van der Waals surface area contributed by atoms with Gasteiger partial charge in [-0.2, -0.15) is 0 Å². The maximum Gasteiger partial charge on any atom is 0.0721 e. The van der Waals surface area contributed by atoms with Crippen molar-refractivity contribution in [2.75, 3.05) is 0 Å². The molecule has 4 heteroatoms. The molecule has 0 heterocycles. The van der Waals surface area contributed by atoms with Crippen LogP contribution in [0.5, 0.6) is 0 Å². The van der Waals surface area contributed by atoms with Crippen molar-refractivity contribution in [3.8, 4) is 0 Å². The summed E-state index contributed by atoms with van der Waals surface area (Å²) in [6.07, 6.45) is 0. The van der Waals surface area contributed by atoms with Gasteiger partial charge in [-0.05, 0) is 35.7 Å². The van der Waals surface area contributed by atoms with Crippen LogP contribution in [0, 0.1) is 6.92 Å². The lowest BCUT2D eigenvalue weighted by atomic mass is 9.98. The molecule has 0 amide bonds. The Morgan fingerprint density at radius 3 is 2.44 bits per heavy atom. The van der Waals surface area contributed by atoms with Gasteiger partial charge in [0.15, 0.2) is 0 Å². The van der Waals surface area contributed by atoms with Gasteiger partial charge >= 0.3 is 0 Å². The number of hydrogen-bond donors (Lipinski definition) is 2. The summed E-state index contributed by atoms with van der Waals surface area (Å²) in [4.78, 5) is 0. The highest BCUT2D eigenvalue weighted by atomic mass is 79.9. The van der Waals surface area contributed by atoms with Gasteiger partial charge in [0.2, 0.25) is 0 Å². The van der Waals surface area contributed by atoms with Gasteiger partial charge in [0.05, 0.1) is 6.04 Å². The van der Waals surface area contributed by atoms with Crippen LogP contribution in [0.3, 0.4) is 0 Å². The third-order valence-electron chi connectivity index (χ3n) is 2.90. The molecular formula is C14H14BrClN2. The quantitative estimate of drug-likeness (QED) is 0.662. The highest BCUT2D eigenvalue weighted by Crippen LogP contribution is 2.30. The molecule has 18 heavy (non-hydrogen) atoms. The van der Waals surface area contributed by atoms with E-state index in [1.54, 1.807) is 0 Å². The molecule has 0 bridgehead atoms. The predicted molar refractivity (Wildman–Crippen MR) is 79.5 cm³/mol. The van der Waals surface area contributed by atoms with Gasteiger partial charge in [0.25, 0.3) is 0 Å². The van der Waals surface area contributed by atoms with Gasteiger partial charge in [-0.3, -0.25) is 5.84 Å². The van der Waals surface area contributed by atoms with Crippen molar-refractivity contribution >= 4 is 27.5 Å². The van der Waals surface area contributed by atoms with Crippen LogP contribution in [0.25, 0.3) is 0 Å². The highest BCUT2D eigenvalue weighted by Gasteiger charge is 2.15. The van der Waals surface area contributed by atoms with E-state index in [0.717, 1.165) is 20.6 Å². The Labute approximate surface area is 120 Å². The van der Waals surface area contributed by atoms with E-state index in [9.17, 15) is 0 Å². The van der Waals surface area contributed by atoms with Gasteiger partial charge in [-0.15, -0.1) is 0 Å². The van der Waals surface area contributed by atoms with Gasteiger partial charge < -0.3 is 0 Å². The molecule has 2 nitrogen and oxygen atoms in total. The van der Waals surface area contributed by atoms with Crippen molar-refractivity contribution in [2.45, 2.75) is 13.0 Å². The molecule has 94 valence electrons. The molecule has 0 aromatic heterocycles. The highest BCUT2D eigenvalue weighted by molar-refractivity contribution is 9.10. The third kappa shape index (κ3) is 2.75. The van der Waals surface area contributed by atoms with Crippen LogP contribution < -0.4 is 11.3 Å². The van der Waals surface area contributed by atoms with E-state index < -0.39 is 0 Å². The van der Waals surface area contributed by atoms with Gasteiger partial charge in [-0.1, -0.05) is 57.9 Å². The van der Waals surface area contributed by atoms with E-state index in [0.29, 0.717) is 0 Å². The minimum atomic E-state index is -0.0588. The summed E-state index contributed by atoms with van der Waals surface area (Å²) in [5, 5.41) is 0.720. The number of halogens is 2. The van der Waals surface area contributed by atoms with Crippen molar-refractivity contribution in [2.24, 2.45) is 5.84 Å². The number of benzene rings is 2. The predicted octanol–water partition coefficient (Wildman–Crippen LogP) is 3.96. The van der Waals surface area contributed by atoms with E-state index in [-0.39, 0.29) is 6.04 Å². The zero-order chi connectivity index (χ0) is 13.1. The Morgan fingerprint density at radius 2 is 1.83 bits per heavy atom. The summed E-state index contributed by atoms with van der Waals surface area (Å²) in [7, 11) is 0. The summed E-state index contributed by atoms with van der Waals surface area (Å²) >= 11 is 9.51. The maximum atomic E-state index is 5.90. The van der Waals surface area contributed by atoms with Crippen LogP contribution in [0.1, 0.15) is 22.7 Å². The largest absolute Gasteiger partial charge is 0.271 e. The van der Waals surface area contributed by atoms with Gasteiger partial charge in [0.1, 0.15) is 0 Å². The van der Waals surface area contributed by atoms with Crippen molar-refractivity contribution < 1.29 is 0 Å². The number of nitrogens with two attached hydrogens (primary N) is 1. The Hall–Kier alpha value is -0.870. The minimum absolute atomic E-state index is 0.0588. The molecule has 0 fully saturated rings. The second-order valence-electron chi connectivity index (χ2n) is 4.13. The molecule has 0 radical (unpaired) electrons. The summed E-state index contributed by atoms with van der Waals surface area (Å²) in [6, 6.07) is 13.8. The average molecular weight is 326 g/mol. The first kappa shape index (κ1) is 13.6. The van der Waals surface area contributed by atoms with Crippen LogP contribution in [-0.2, 0) is 0 Å². The lowest BCUT2D eigenvalue weighted by molar-refractivity contribution is 0.634. The van der Waals surface area contributed by atoms with Crippen LogP contribution in [0.4, 0.5) is 0 Å². The Balaban J connectivity index is 2.45. The maximum absolute atomic E-state index is 5.90. The molecule has 0 spiro atoms. The normalized spacial score (nSPS) is 12.4. The number of rotatable bonds is 3. The van der Waals surface area contributed by atoms with Crippen molar-refractivity contribution in [3.05, 3.63) is 68.7 Å². The summed E-state index contributed by atoms with van der Waals surface area (Å²) in [5.41, 5.74) is 6.22. The van der Waals surface area contributed by atoms with E-state index in [1.807, 2.05) is 30.3 Å². The average Bonchev–Trinajstić information content (AvgIpc) is 2.37. The van der Waals surface area contributed by atoms with Gasteiger partial charge in [0, 0.05) is 9.50 Å². The first-order valence-corrected chi connectivity index (χ1v) is 6.77. The fourth-order valence-electron chi connectivity index (χ4n) is 1.91. The van der Waals surface area contributed by atoms with Gasteiger partial charge in [-0.25, -0.2) is 5.43 Å². The molecule has 0 saturated carbocycles. The Bertz CT molecular complexity index is 540. The lowest BCUT2D eigenvalue weighted by Gasteiger charge is -2.19. The molecule has 0 aliphatic rings. The molecule has 1 atom stereocenters. The molecule has 2 aromatic carbocycles. The number of nitrogens with one attached hydrogen (secondary N) is 1. The minimum Gasteiger partial charge on any atom is -0.271 e. The van der Waals surface area contributed by atoms with Crippen LogP contribution >= 0.6 is 27.5 Å². The SMILES string of the molecule is Cc1cccc(C(NN)c2ccc(Cl)cc2)c1Br. The number of aryl methyl sites for hydroxylation is 1. The lowest BCUT2D eigenvalue weighted by Crippen LogP contribution is -2.29. The fourth-order valence-corrected chi connectivity index (χ4v) is 2.53. The molecule has 1 unspecified atom stereocenters. The fraction of sp³-hybridized carbons (Fsp3) is 0.143. The van der Waals surface area contributed by atoms with Crippen LogP contribution in [-0.4, -0.2) is 0 Å². The molecule has 2 rings (SSSR count). The second kappa shape index (κ2) is 5.85. The van der Waals surface area contributed by atoms with Crippen molar-refractivity contribution in [1.82, 2.24) is 5.43 Å². The second-order valence-corrected chi connectivity index (χ2v) is 5.36. The molecule has 0 aliphatic heterocycles. The monoisotopic (exact) mass is 324 g/mol. The number of hydrazine groups is 1. The number of hydrogen-bond acceptors (Lipinski definition) is 2. The van der Waals surface area contributed by atoms with E-state index in [2.05, 4.69) is 40.4 Å². The molecular weight excluding hydrogens is 312 g/mol. The molecule has 0 saturated heterocycles. The van der Waals surface area contributed by atoms with Crippen molar-refractivity contribution in [1.29, 1.82) is 0 Å². The van der Waals surface area contributed by atoms with E-state index in [1.165, 1.54) is 5.56 Å². The van der Waals surface area contributed by atoms with Crippen LogP contribution in [0.2, 0.25) is 5.02 Å². The first-order chi connectivity index (χ1) is 8.63. The summed E-state index contributed by atoms with van der Waals surface area (Å²) < 4.78 is 1.07. The molecule has 2 aromatic rings. The summed E-state index contributed by atoms with van der Waals surface area (Å²) in [6.45, 7) is 2.06. The third-order valence-corrected chi connectivity index (χ3v) is 4.24. The zero-order valence-corrected chi connectivity index (χ0v) is 12.3. The first-order valence-electron chi connectivity index (χ1n) is 5.60. The van der Waals surface area contributed by atoms with E-state index in [4.69, 9.17) is 17.4 Å². The standard InChI is InChI=1S/C14H14BrClN2/c1-9-3-2-4-12(13(9)15)14(18-17)10-5-7-11(16)8-6-10/h2-8,14,18H,17H2,1H3.